The van der Waals surface area contributed by atoms with Crippen LogP contribution in [0, 0.1) is 0 Å². The van der Waals surface area contributed by atoms with Gasteiger partial charge in [0.15, 0.2) is 0 Å². The van der Waals surface area contributed by atoms with E-state index >= 15 is 0 Å². The van der Waals surface area contributed by atoms with Crippen LogP contribution >= 0.6 is 0 Å². The van der Waals surface area contributed by atoms with Crippen molar-refractivity contribution < 1.29 is 4.79 Å². The number of nitrogens with one attached hydrogen (secondary N) is 2. The van der Waals surface area contributed by atoms with Crippen molar-refractivity contribution in [1.82, 2.24) is 15.5 Å². The second-order valence-electron chi connectivity index (χ2n) is 3.54. The Morgan fingerprint density at radius 1 is 1.69 bits per heavy atom. The lowest BCUT2D eigenvalue weighted by Crippen LogP contribution is -2.51. The van der Waals surface area contributed by atoms with E-state index < -0.39 is 0 Å². The number of rotatable bonds is 3. The summed E-state index contributed by atoms with van der Waals surface area (Å²) in [4.78, 5) is 13.4. The summed E-state index contributed by atoms with van der Waals surface area (Å²) in [6.07, 6.45) is 0. The van der Waals surface area contributed by atoms with Crippen LogP contribution < -0.4 is 10.6 Å². The predicted molar refractivity (Wildman–Crippen MR) is 52.6 cm³/mol. The van der Waals surface area contributed by atoms with Crippen molar-refractivity contribution in [3.63, 3.8) is 0 Å². The monoisotopic (exact) mass is 185 g/mol. The third-order valence-corrected chi connectivity index (χ3v) is 2.19. The maximum absolute atomic E-state index is 11.2. The van der Waals surface area contributed by atoms with Gasteiger partial charge in [-0.2, -0.15) is 0 Å². The van der Waals surface area contributed by atoms with Gasteiger partial charge in [0, 0.05) is 32.2 Å². The zero-order valence-corrected chi connectivity index (χ0v) is 8.47. The average molecular weight is 185 g/mol. The van der Waals surface area contributed by atoms with Gasteiger partial charge in [0.05, 0.1) is 6.54 Å². The van der Waals surface area contributed by atoms with Gasteiger partial charge in [-0.25, -0.2) is 0 Å². The van der Waals surface area contributed by atoms with Crippen molar-refractivity contribution in [2.24, 2.45) is 0 Å². The normalized spacial score (nSPS) is 24.3. The zero-order valence-electron chi connectivity index (χ0n) is 8.47. The summed E-state index contributed by atoms with van der Waals surface area (Å²) >= 11 is 0. The van der Waals surface area contributed by atoms with Gasteiger partial charge in [-0.1, -0.05) is 0 Å². The highest BCUT2D eigenvalue weighted by Gasteiger charge is 2.17. The van der Waals surface area contributed by atoms with E-state index in [2.05, 4.69) is 22.5 Å². The highest BCUT2D eigenvalue weighted by molar-refractivity contribution is 5.77. The molecular formula is C9H19N3O. The van der Waals surface area contributed by atoms with Crippen LogP contribution in [0.15, 0.2) is 0 Å². The lowest BCUT2D eigenvalue weighted by molar-refractivity contribution is -0.122. The molecule has 0 spiro atoms. The Balaban J connectivity index is 2.23. The fourth-order valence-electron chi connectivity index (χ4n) is 1.61. The van der Waals surface area contributed by atoms with Crippen LogP contribution in [0.25, 0.3) is 0 Å². The minimum absolute atomic E-state index is 0.136. The van der Waals surface area contributed by atoms with Crippen LogP contribution in [0.2, 0.25) is 0 Å². The van der Waals surface area contributed by atoms with E-state index in [1.54, 1.807) is 0 Å². The van der Waals surface area contributed by atoms with E-state index in [-0.39, 0.29) is 5.91 Å². The number of hydrogen-bond donors (Lipinski definition) is 2. The Morgan fingerprint density at radius 3 is 3.08 bits per heavy atom. The molecule has 76 valence electrons. The molecule has 0 radical (unpaired) electrons. The summed E-state index contributed by atoms with van der Waals surface area (Å²) < 4.78 is 0. The standard InChI is InChI=1S/C9H19N3O/c1-3-10-9(13)7-12-5-4-11-8(2)6-12/h8,11H,3-7H2,1-2H3,(H,10,13)/t8-/m1/s1. The molecule has 0 aromatic carbocycles. The number of piperazine rings is 1. The smallest absolute Gasteiger partial charge is 0.234 e. The maximum atomic E-state index is 11.2. The third-order valence-electron chi connectivity index (χ3n) is 2.19. The van der Waals surface area contributed by atoms with E-state index in [0.717, 1.165) is 26.2 Å². The first-order valence-corrected chi connectivity index (χ1v) is 4.94. The van der Waals surface area contributed by atoms with Crippen molar-refractivity contribution in [2.45, 2.75) is 19.9 Å². The molecule has 0 aromatic heterocycles. The summed E-state index contributed by atoms with van der Waals surface area (Å²) in [6.45, 7) is 8.28. The van der Waals surface area contributed by atoms with E-state index in [1.807, 2.05) is 6.92 Å². The summed E-state index contributed by atoms with van der Waals surface area (Å²) in [6, 6.07) is 0.503. The summed E-state index contributed by atoms with van der Waals surface area (Å²) in [5.41, 5.74) is 0. The number of likely N-dealkylation sites (N-methyl/N-ethyl adjacent to an activating group) is 1. The van der Waals surface area contributed by atoms with E-state index in [4.69, 9.17) is 0 Å². The second kappa shape index (κ2) is 5.19. The molecule has 1 aliphatic heterocycles. The van der Waals surface area contributed by atoms with E-state index in [9.17, 15) is 4.79 Å². The van der Waals surface area contributed by atoms with Crippen molar-refractivity contribution in [3.05, 3.63) is 0 Å². The van der Waals surface area contributed by atoms with Crippen molar-refractivity contribution >= 4 is 5.91 Å². The van der Waals surface area contributed by atoms with Gasteiger partial charge >= 0.3 is 0 Å². The molecule has 1 aliphatic rings. The number of carbonyl (C=O) groups is 1. The summed E-state index contributed by atoms with van der Waals surface area (Å²) in [7, 11) is 0. The SMILES string of the molecule is CCNC(=O)CN1CCN[C@H](C)C1. The number of carbonyl (C=O) groups excluding carboxylic acids is 1. The third kappa shape index (κ3) is 3.74. The van der Waals surface area contributed by atoms with Gasteiger partial charge in [-0.05, 0) is 13.8 Å². The summed E-state index contributed by atoms with van der Waals surface area (Å²) in [5, 5.41) is 6.15. The lowest BCUT2D eigenvalue weighted by atomic mass is 10.2. The number of amides is 1. The molecule has 0 unspecified atom stereocenters. The molecule has 1 rings (SSSR count). The molecule has 2 N–H and O–H groups in total. The van der Waals surface area contributed by atoms with Crippen LogP contribution in [-0.2, 0) is 4.79 Å². The van der Waals surface area contributed by atoms with E-state index in [1.165, 1.54) is 0 Å². The molecule has 13 heavy (non-hydrogen) atoms. The minimum Gasteiger partial charge on any atom is -0.355 e. The van der Waals surface area contributed by atoms with Gasteiger partial charge in [-0.3, -0.25) is 9.69 Å². The topological polar surface area (TPSA) is 44.4 Å². The first kappa shape index (κ1) is 10.5. The first-order valence-electron chi connectivity index (χ1n) is 4.94. The van der Waals surface area contributed by atoms with Gasteiger partial charge < -0.3 is 10.6 Å². The van der Waals surface area contributed by atoms with Crippen molar-refractivity contribution in [3.8, 4) is 0 Å². The molecule has 0 aromatic rings. The van der Waals surface area contributed by atoms with Gasteiger partial charge in [0.1, 0.15) is 0 Å². The molecule has 1 amide bonds. The molecule has 1 heterocycles. The second-order valence-corrected chi connectivity index (χ2v) is 3.54. The number of nitrogens with zero attached hydrogens (tertiary/aromatic N) is 1. The Bertz CT molecular complexity index is 172. The Hall–Kier alpha value is -0.610. The van der Waals surface area contributed by atoms with Crippen molar-refractivity contribution in [1.29, 1.82) is 0 Å². The lowest BCUT2D eigenvalue weighted by Gasteiger charge is -2.31. The molecule has 4 heteroatoms. The number of hydrogen-bond acceptors (Lipinski definition) is 3. The zero-order chi connectivity index (χ0) is 9.68. The maximum Gasteiger partial charge on any atom is 0.234 e. The van der Waals surface area contributed by atoms with Gasteiger partial charge in [0.2, 0.25) is 5.91 Å². The fourth-order valence-corrected chi connectivity index (χ4v) is 1.61. The van der Waals surface area contributed by atoms with Gasteiger partial charge in [0.25, 0.3) is 0 Å². The highest BCUT2D eigenvalue weighted by atomic mass is 16.2. The minimum atomic E-state index is 0.136. The molecule has 0 aliphatic carbocycles. The molecular weight excluding hydrogens is 166 g/mol. The molecule has 0 saturated carbocycles. The Morgan fingerprint density at radius 2 is 2.46 bits per heavy atom. The average Bonchev–Trinajstić information content (AvgIpc) is 2.04. The Labute approximate surface area is 79.7 Å². The quantitative estimate of drug-likeness (QED) is 0.618. The predicted octanol–water partition coefficient (Wildman–Crippen LogP) is -0.584. The Kier molecular flexibility index (Phi) is 4.18. The highest BCUT2D eigenvalue weighted by Crippen LogP contribution is 1.97. The van der Waals surface area contributed by atoms with Crippen LogP contribution in [0.4, 0.5) is 0 Å². The molecule has 1 saturated heterocycles. The fraction of sp³-hybridized carbons (Fsp3) is 0.889. The molecule has 1 atom stereocenters. The molecule has 4 nitrogen and oxygen atoms in total. The van der Waals surface area contributed by atoms with Crippen LogP contribution in [0.1, 0.15) is 13.8 Å². The largest absolute Gasteiger partial charge is 0.355 e. The van der Waals surface area contributed by atoms with Crippen LogP contribution in [-0.4, -0.2) is 49.6 Å². The van der Waals surface area contributed by atoms with Crippen molar-refractivity contribution in [2.75, 3.05) is 32.7 Å². The first-order chi connectivity index (χ1) is 6.22. The molecule has 1 fully saturated rings. The van der Waals surface area contributed by atoms with Crippen LogP contribution in [0.5, 0.6) is 0 Å². The molecule has 0 bridgehead atoms. The van der Waals surface area contributed by atoms with Gasteiger partial charge in [-0.15, -0.1) is 0 Å². The van der Waals surface area contributed by atoms with Crippen LogP contribution in [0.3, 0.4) is 0 Å². The summed E-state index contributed by atoms with van der Waals surface area (Å²) in [5.74, 6) is 0.136. The van der Waals surface area contributed by atoms with E-state index in [0.29, 0.717) is 12.6 Å².